The summed E-state index contributed by atoms with van der Waals surface area (Å²) in [6.45, 7) is -0.0893. The third-order valence-electron chi connectivity index (χ3n) is 4.48. The summed E-state index contributed by atoms with van der Waals surface area (Å²) in [7, 11) is 1.67. The number of halogens is 1. The number of hydrogen-bond donors (Lipinski definition) is 3. The van der Waals surface area contributed by atoms with Crippen LogP contribution in [0.2, 0.25) is 0 Å². The quantitative estimate of drug-likeness (QED) is 0.782. The van der Waals surface area contributed by atoms with Crippen LogP contribution in [0.25, 0.3) is 11.3 Å². The van der Waals surface area contributed by atoms with Crippen LogP contribution < -0.4 is 5.32 Å². The molecule has 3 N–H and O–H groups in total. The van der Waals surface area contributed by atoms with Crippen molar-refractivity contribution in [2.24, 2.45) is 13.0 Å². The van der Waals surface area contributed by atoms with Gasteiger partial charge in [0.2, 0.25) is 0 Å². The highest BCUT2D eigenvalue weighted by atomic mass is 19.1. The topological polar surface area (TPSA) is 87.4 Å². The SMILES string of the molecule is Cn1nc(-c2ccc(F)cc2)cc1C(=O)N[C@@H]1C[C@H](CO)[C@H](O)C1. The van der Waals surface area contributed by atoms with Crippen molar-refractivity contribution in [1.82, 2.24) is 15.1 Å². The van der Waals surface area contributed by atoms with Crippen LogP contribution in [0.15, 0.2) is 30.3 Å². The van der Waals surface area contributed by atoms with Crippen molar-refractivity contribution in [2.45, 2.75) is 25.0 Å². The standard InChI is InChI=1S/C17H20FN3O3/c1-21-15(8-14(20-21)10-2-4-12(18)5-3-10)17(24)19-13-6-11(9-22)16(23)7-13/h2-5,8,11,13,16,22-23H,6-7,9H2,1H3,(H,19,24)/t11-,13-,16-/m1/s1. The molecule has 0 saturated heterocycles. The maximum atomic E-state index is 13.0. The van der Waals surface area contributed by atoms with Gasteiger partial charge in [-0.1, -0.05) is 0 Å². The molecule has 24 heavy (non-hydrogen) atoms. The van der Waals surface area contributed by atoms with Crippen LogP contribution in [0.1, 0.15) is 23.3 Å². The first-order valence-electron chi connectivity index (χ1n) is 7.87. The zero-order valence-electron chi connectivity index (χ0n) is 13.3. The highest BCUT2D eigenvalue weighted by Gasteiger charge is 2.33. The lowest BCUT2D eigenvalue weighted by Gasteiger charge is -2.12. The fourth-order valence-electron chi connectivity index (χ4n) is 3.12. The molecule has 1 heterocycles. The molecule has 1 aliphatic carbocycles. The Morgan fingerprint density at radius 3 is 2.71 bits per heavy atom. The minimum Gasteiger partial charge on any atom is -0.396 e. The molecule has 0 unspecified atom stereocenters. The minimum atomic E-state index is -0.596. The number of aryl methyl sites for hydroxylation is 1. The van der Waals surface area contributed by atoms with Crippen molar-refractivity contribution in [3.8, 4) is 11.3 Å². The fraction of sp³-hybridized carbons (Fsp3) is 0.412. The van der Waals surface area contributed by atoms with Crippen LogP contribution in [0.5, 0.6) is 0 Å². The van der Waals surface area contributed by atoms with Crippen LogP contribution in [-0.2, 0) is 7.05 Å². The number of aliphatic hydroxyl groups excluding tert-OH is 2. The van der Waals surface area contributed by atoms with Gasteiger partial charge in [-0.15, -0.1) is 0 Å². The van der Waals surface area contributed by atoms with Gasteiger partial charge < -0.3 is 15.5 Å². The Morgan fingerprint density at radius 2 is 2.08 bits per heavy atom. The van der Waals surface area contributed by atoms with E-state index in [2.05, 4.69) is 10.4 Å². The van der Waals surface area contributed by atoms with Gasteiger partial charge in [-0.2, -0.15) is 5.10 Å². The van der Waals surface area contributed by atoms with E-state index in [1.807, 2.05) is 0 Å². The van der Waals surface area contributed by atoms with E-state index < -0.39 is 6.10 Å². The first kappa shape index (κ1) is 16.6. The molecule has 3 rings (SSSR count). The van der Waals surface area contributed by atoms with Gasteiger partial charge in [0.05, 0.1) is 11.8 Å². The average molecular weight is 333 g/mol. The number of aromatic nitrogens is 2. The van der Waals surface area contributed by atoms with Gasteiger partial charge >= 0.3 is 0 Å². The second-order valence-electron chi connectivity index (χ2n) is 6.20. The molecule has 1 aromatic carbocycles. The molecule has 6 nitrogen and oxygen atoms in total. The van der Waals surface area contributed by atoms with Crippen LogP contribution in [-0.4, -0.2) is 44.7 Å². The van der Waals surface area contributed by atoms with E-state index >= 15 is 0 Å². The second kappa shape index (κ2) is 6.70. The smallest absolute Gasteiger partial charge is 0.269 e. The molecular formula is C17H20FN3O3. The molecule has 0 radical (unpaired) electrons. The Balaban J connectivity index is 1.73. The van der Waals surface area contributed by atoms with Crippen molar-refractivity contribution >= 4 is 5.91 Å². The molecule has 0 aliphatic heterocycles. The van der Waals surface area contributed by atoms with Gasteiger partial charge in [0.25, 0.3) is 5.91 Å². The molecule has 1 fully saturated rings. The lowest BCUT2D eigenvalue weighted by Crippen LogP contribution is -2.34. The summed E-state index contributed by atoms with van der Waals surface area (Å²) in [6.07, 6.45) is 0.382. The summed E-state index contributed by atoms with van der Waals surface area (Å²) in [4.78, 5) is 12.4. The number of benzene rings is 1. The fourth-order valence-corrected chi connectivity index (χ4v) is 3.12. The molecule has 1 amide bonds. The Morgan fingerprint density at radius 1 is 1.38 bits per heavy atom. The minimum absolute atomic E-state index is 0.0893. The molecule has 7 heteroatoms. The van der Waals surface area contributed by atoms with E-state index in [0.717, 1.165) is 5.56 Å². The van der Waals surface area contributed by atoms with Crippen molar-refractivity contribution in [1.29, 1.82) is 0 Å². The Bertz CT molecular complexity index is 729. The average Bonchev–Trinajstić information content (AvgIpc) is 3.10. The third kappa shape index (κ3) is 3.32. The highest BCUT2D eigenvalue weighted by Crippen LogP contribution is 2.26. The Labute approximate surface area is 138 Å². The predicted molar refractivity (Wildman–Crippen MR) is 85.7 cm³/mol. The van der Waals surface area contributed by atoms with Gasteiger partial charge in [0.1, 0.15) is 11.5 Å². The van der Waals surface area contributed by atoms with Gasteiger partial charge in [-0.05, 0) is 43.2 Å². The van der Waals surface area contributed by atoms with Gasteiger partial charge in [0, 0.05) is 31.2 Å². The lowest BCUT2D eigenvalue weighted by molar-refractivity contribution is 0.0902. The van der Waals surface area contributed by atoms with Crippen molar-refractivity contribution in [3.63, 3.8) is 0 Å². The second-order valence-corrected chi connectivity index (χ2v) is 6.20. The lowest BCUT2D eigenvalue weighted by atomic mass is 10.1. The maximum absolute atomic E-state index is 13.0. The molecule has 3 atom stereocenters. The zero-order chi connectivity index (χ0) is 17.3. The first-order valence-corrected chi connectivity index (χ1v) is 7.87. The number of rotatable bonds is 4. The molecule has 2 aromatic rings. The largest absolute Gasteiger partial charge is 0.396 e. The van der Waals surface area contributed by atoms with E-state index in [1.165, 1.54) is 16.8 Å². The van der Waals surface area contributed by atoms with Gasteiger partial charge in [-0.3, -0.25) is 9.48 Å². The van der Waals surface area contributed by atoms with E-state index in [0.29, 0.717) is 24.2 Å². The van der Waals surface area contributed by atoms with E-state index in [-0.39, 0.29) is 30.3 Å². The Kier molecular flexibility index (Phi) is 4.64. The molecule has 1 saturated carbocycles. The predicted octanol–water partition coefficient (Wildman–Crippen LogP) is 1.09. The Hall–Kier alpha value is -2.25. The van der Waals surface area contributed by atoms with Gasteiger partial charge in [-0.25, -0.2) is 4.39 Å². The van der Waals surface area contributed by atoms with Crippen LogP contribution in [0.4, 0.5) is 4.39 Å². The molecule has 0 spiro atoms. The van der Waals surface area contributed by atoms with E-state index in [9.17, 15) is 19.4 Å². The van der Waals surface area contributed by atoms with Crippen LogP contribution in [0, 0.1) is 11.7 Å². The number of amides is 1. The molecule has 128 valence electrons. The number of carbonyl (C=O) groups excluding carboxylic acids is 1. The number of aliphatic hydroxyl groups is 2. The van der Waals surface area contributed by atoms with Gasteiger partial charge in [0.15, 0.2) is 0 Å². The van der Waals surface area contributed by atoms with Crippen molar-refractivity contribution in [2.75, 3.05) is 6.61 Å². The van der Waals surface area contributed by atoms with Crippen LogP contribution >= 0.6 is 0 Å². The number of hydrogen-bond acceptors (Lipinski definition) is 4. The summed E-state index contributed by atoms with van der Waals surface area (Å²) in [5.74, 6) is -0.809. The van der Waals surface area contributed by atoms with Crippen molar-refractivity contribution < 1.29 is 19.4 Å². The summed E-state index contributed by atoms with van der Waals surface area (Å²) in [5, 5.41) is 26.2. The highest BCUT2D eigenvalue weighted by molar-refractivity contribution is 5.93. The molecular weight excluding hydrogens is 313 g/mol. The van der Waals surface area contributed by atoms with Crippen molar-refractivity contribution in [3.05, 3.63) is 41.8 Å². The van der Waals surface area contributed by atoms with E-state index in [4.69, 9.17) is 0 Å². The normalized spacial score (nSPS) is 23.4. The summed E-state index contributed by atoms with van der Waals surface area (Å²) in [6, 6.07) is 7.39. The molecule has 1 aliphatic rings. The van der Waals surface area contributed by atoms with E-state index in [1.54, 1.807) is 25.2 Å². The summed E-state index contributed by atoms with van der Waals surface area (Å²) >= 11 is 0. The third-order valence-corrected chi connectivity index (χ3v) is 4.48. The molecule has 0 bridgehead atoms. The number of nitrogens with one attached hydrogen (secondary N) is 1. The monoisotopic (exact) mass is 333 g/mol. The number of nitrogens with zero attached hydrogens (tertiary/aromatic N) is 2. The maximum Gasteiger partial charge on any atom is 0.269 e. The zero-order valence-corrected chi connectivity index (χ0v) is 13.3. The number of carbonyl (C=O) groups is 1. The summed E-state index contributed by atoms with van der Waals surface area (Å²) < 4.78 is 14.5. The van der Waals surface area contributed by atoms with Crippen LogP contribution in [0.3, 0.4) is 0 Å². The summed E-state index contributed by atoms with van der Waals surface area (Å²) in [5.41, 5.74) is 1.70. The molecule has 1 aromatic heterocycles. The first-order chi connectivity index (χ1) is 11.5.